The van der Waals surface area contributed by atoms with Gasteiger partial charge in [-0.25, -0.2) is 0 Å². The molecule has 2 rings (SSSR count). The maximum Gasteiger partial charge on any atom is 0.123 e. The Kier molecular flexibility index (Phi) is 3.56. The van der Waals surface area contributed by atoms with E-state index in [0.717, 1.165) is 23.4 Å². The molecule has 0 saturated carbocycles. The lowest BCUT2D eigenvalue weighted by atomic mass is 10.1. The quantitative estimate of drug-likeness (QED) is 0.853. The van der Waals surface area contributed by atoms with Gasteiger partial charge in [-0.1, -0.05) is 35.9 Å². The number of anilines is 1. The van der Waals surface area contributed by atoms with Gasteiger partial charge in [0.25, 0.3) is 0 Å². The average molecular weight is 241 g/mol. The van der Waals surface area contributed by atoms with Crippen LogP contribution in [0.3, 0.4) is 0 Å². The number of phenols is 1. The highest BCUT2D eigenvalue weighted by Gasteiger charge is 2.05. The van der Waals surface area contributed by atoms with Crippen molar-refractivity contribution in [2.24, 2.45) is 0 Å². The van der Waals surface area contributed by atoms with Crippen LogP contribution in [0, 0.1) is 20.8 Å². The zero-order valence-electron chi connectivity index (χ0n) is 11.1. The molecule has 0 bridgehead atoms. The number of nitrogens with one attached hydrogen (secondary N) is 1. The summed E-state index contributed by atoms with van der Waals surface area (Å²) in [6.45, 7) is 6.69. The summed E-state index contributed by atoms with van der Waals surface area (Å²) in [5.74, 6) is 0.379. The van der Waals surface area contributed by atoms with Gasteiger partial charge in [0.05, 0.1) is 0 Å². The van der Waals surface area contributed by atoms with Crippen molar-refractivity contribution in [1.29, 1.82) is 0 Å². The molecule has 0 atom stereocenters. The first-order chi connectivity index (χ1) is 8.58. The van der Waals surface area contributed by atoms with Crippen molar-refractivity contribution < 1.29 is 5.11 Å². The van der Waals surface area contributed by atoms with Crippen LogP contribution in [0.25, 0.3) is 0 Å². The van der Waals surface area contributed by atoms with Crippen LogP contribution in [0.2, 0.25) is 0 Å². The zero-order valence-corrected chi connectivity index (χ0v) is 11.1. The monoisotopic (exact) mass is 241 g/mol. The van der Waals surface area contributed by atoms with E-state index in [0.29, 0.717) is 5.75 Å². The Hall–Kier alpha value is -1.96. The van der Waals surface area contributed by atoms with Gasteiger partial charge in [0.1, 0.15) is 5.75 Å². The molecule has 0 spiro atoms. The molecule has 0 saturated heterocycles. The highest BCUT2D eigenvalue weighted by Crippen LogP contribution is 2.28. The van der Waals surface area contributed by atoms with Gasteiger partial charge >= 0.3 is 0 Å². The second-order valence-corrected chi connectivity index (χ2v) is 4.74. The molecule has 0 radical (unpaired) electrons. The van der Waals surface area contributed by atoms with Crippen molar-refractivity contribution in [3.63, 3.8) is 0 Å². The van der Waals surface area contributed by atoms with Crippen LogP contribution in [-0.4, -0.2) is 5.11 Å². The third-order valence-corrected chi connectivity index (χ3v) is 3.24. The van der Waals surface area contributed by atoms with Gasteiger partial charge in [-0.2, -0.15) is 0 Å². The smallest absolute Gasteiger partial charge is 0.123 e. The van der Waals surface area contributed by atoms with Crippen molar-refractivity contribution >= 4 is 5.69 Å². The molecule has 0 aromatic heterocycles. The Labute approximate surface area is 108 Å². The van der Waals surface area contributed by atoms with Gasteiger partial charge < -0.3 is 10.4 Å². The predicted octanol–water partition coefficient (Wildman–Crippen LogP) is 3.93. The van der Waals surface area contributed by atoms with E-state index in [2.05, 4.69) is 36.5 Å². The molecule has 2 nitrogen and oxygen atoms in total. The maximum absolute atomic E-state index is 9.88. The Morgan fingerprint density at radius 2 is 1.61 bits per heavy atom. The van der Waals surface area contributed by atoms with Crippen LogP contribution < -0.4 is 5.32 Å². The van der Waals surface area contributed by atoms with E-state index < -0.39 is 0 Å². The van der Waals surface area contributed by atoms with Crippen LogP contribution in [0.5, 0.6) is 5.75 Å². The molecule has 2 aromatic carbocycles. The summed E-state index contributed by atoms with van der Waals surface area (Å²) in [5.41, 5.74) is 5.30. The van der Waals surface area contributed by atoms with E-state index in [1.807, 2.05) is 26.0 Å². The lowest BCUT2D eigenvalue weighted by molar-refractivity contribution is 0.467. The molecule has 0 unspecified atom stereocenters. The van der Waals surface area contributed by atoms with Crippen LogP contribution in [0.1, 0.15) is 22.3 Å². The highest BCUT2D eigenvalue weighted by molar-refractivity contribution is 5.59. The average Bonchev–Trinajstić information content (AvgIpc) is 2.37. The van der Waals surface area contributed by atoms with Gasteiger partial charge in [-0.05, 0) is 38.0 Å². The first-order valence-electron chi connectivity index (χ1n) is 6.16. The fraction of sp³-hybridized carbons (Fsp3) is 0.250. The Morgan fingerprint density at radius 1 is 0.944 bits per heavy atom. The molecule has 94 valence electrons. The molecule has 0 aliphatic heterocycles. The minimum atomic E-state index is 0.379. The van der Waals surface area contributed by atoms with Gasteiger partial charge in [0.2, 0.25) is 0 Å². The van der Waals surface area contributed by atoms with Crippen LogP contribution in [-0.2, 0) is 6.54 Å². The number of rotatable bonds is 3. The molecule has 0 aliphatic carbocycles. The first-order valence-corrected chi connectivity index (χ1v) is 6.16. The number of aromatic hydroxyl groups is 1. The van der Waals surface area contributed by atoms with E-state index in [4.69, 9.17) is 0 Å². The fourth-order valence-corrected chi connectivity index (χ4v) is 1.93. The standard InChI is InChI=1S/C16H19NO/c1-11-4-7-14(8-5-11)10-17-15-9-6-12(2)16(18)13(15)3/h4-9,17-18H,10H2,1-3H3. The second kappa shape index (κ2) is 5.13. The minimum absolute atomic E-state index is 0.379. The summed E-state index contributed by atoms with van der Waals surface area (Å²) in [6.07, 6.45) is 0. The van der Waals surface area contributed by atoms with Gasteiger partial charge in [0, 0.05) is 17.8 Å². The van der Waals surface area contributed by atoms with Crippen LogP contribution >= 0.6 is 0 Å². The second-order valence-electron chi connectivity index (χ2n) is 4.74. The number of hydrogen-bond acceptors (Lipinski definition) is 2. The minimum Gasteiger partial charge on any atom is -0.507 e. The lowest BCUT2D eigenvalue weighted by Gasteiger charge is -2.12. The van der Waals surface area contributed by atoms with E-state index in [9.17, 15) is 5.11 Å². The Morgan fingerprint density at radius 3 is 2.28 bits per heavy atom. The van der Waals surface area contributed by atoms with E-state index in [1.54, 1.807) is 0 Å². The topological polar surface area (TPSA) is 32.3 Å². The molecule has 0 fully saturated rings. The molecular weight excluding hydrogens is 222 g/mol. The molecule has 0 amide bonds. The summed E-state index contributed by atoms with van der Waals surface area (Å²) >= 11 is 0. The van der Waals surface area contributed by atoms with Gasteiger partial charge in [-0.15, -0.1) is 0 Å². The van der Waals surface area contributed by atoms with E-state index in [1.165, 1.54) is 11.1 Å². The van der Waals surface area contributed by atoms with E-state index in [-0.39, 0.29) is 0 Å². The maximum atomic E-state index is 9.88. The number of phenolic OH excluding ortho intramolecular Hbond substituents is 1. The number of hydrogen-bond donors (Lipinski definition) is 2. The molecule has 2 N–H and O–H groups in total. The fourth-order valence-electron chi connectivity index (χ4n) is 1.93. The van der Waals surface area contributed by atoms with Crippen molar-refractivity contribution in [3.05, 3.63) is 58.7 Å². The largest absolute Gasteiger partial charge is 0.507 e. The predicted molar refractivity (Wildman–Crippen MR) is 76.1 cm³/mol. The SMILES string of the molecule is Cc1ccc(CNc2ccc(C)c(O)c2C)cc1. The molecular formula is C16H19NO. The highest BCUT2D eigenvalue weighted by atomic mass is 16.3. The first kappa shape index (κ1) is 12.5. The van der Waals surface area contributed by atoms with E-state index >= 15 is 0 Å². The van der Waals surface area contributed by atoms with Crippen LogP contribution in [0.15, 0.2) is 36.4 Å². The van der Waals surface area contributed by atoms with Crippen LogP contribution in [0.4, 0.5) is 5.69 Å². The molecule has 0 heterocycles. The Bertz CT molecular complexity index is 544. The number of benzene rings is 2. The summed E-state index contributed by atoms with van der Waals surface area (Å²) in [4.78, 5) is 0. The summed E-state index contributed by atoms with van der Waals surface area (Å²) in [7, 11) is 0. The van der Waals surface area contributed by atoms with Crippen molar-refractivity contribution in [1.82, 2.24) is 0 Å². The van der Waals surface area contributed by atoms with Crippen molar-refractivity contribution in [2.45, 2.75) is 27.3 Å². The third kappa shape index (κ3) is 2.65. The third-order valence-electron chi connectivity index (χ3n) is 3.24. The van der Waals surface area contributed by atoms with Gasteiger partial charge in [0.15, 0.2) is 0 Å². The summed E-state index contributed by atoms with van der Waals surface area (Å²) in [6, 6.07) is 12.4. The van der Waals surface area contributed by atoms with Crippen molar-refractivity contribution in [2.75, 3.05) is 5.32 Å². The van der Waals surface area contributed by atoms with Gasteiger partial charge in [-0.3, -0.25) is 0 Å². The number of aryl methyl sites for hydroxylation is 2. The summed E-state index contributed by atoms with van der Waals surface area (Å²) < 4.78 is 0. The molecule has 0 aliphatic rings. The molecule has 2 aromatic rings. The van der Waals surface area contributed by atoms with Crippen molar-refractivity contribution in [3.8, 4) is 5.75 Å². The molecule has 2 heteroatoms. The summed E-state index contributed by atoms with van der Waals surface area (Å²) in [5, 5.41) is 13.2. The Balaban J connectivity index is 2.11. The normalized spacial score (nSPS) is 10.4. The molecule has 18 heavy (non-hydrogen) atoms. The lowest BCUT2D eigenvalue weighted by Crippen LogP contribution is -2.01. The zero-order chi connectivity index (χ0) is 13.1.